The summed E-state index contributed by atoms with van der Waals surface area (Å²) in [5, 5.41) is 10.3. The van der Waals surface area contributed by atoms with E-state index in [0.717, 1.165) is 22.9 Å². The Labute approximate surface area is 115 Å². The van der Waals surface area contributed by atoms with Crippen molar-refractivity contribution in [2.75, 3.05) is 0 Å². The molecule has 1 aromatic carbocycles. The van der Waals surface area contributed by atoms with Gasteiger partial charge in [0.15, 0.2) is 5.82 Å². The van der Waals surface area contributed by atoms with E-state index in [4.69, 9.17) is 5.73 Å². The van der Waals surface area contributed by atoms with Gasteiger partial charge in [-0.15, -0.1) is 21.5 Å². The molecular formula is C14H16N4S. The Bertz CT molecular complexity index is 681. The number of thiazole rings is 1. The van der Waals surface area contributed by atoms with Gasteiger partial charge in [0.2, 0.25) is 4.96 Å². The van der Waals surface area contributed by atoms with Crippen molar-refractivity contribution < 1.29 is 0 Å². The van der Waals surface area contributed by atoms with Crippen LogP contribution in [0.4, 0.5) is 0 Å². The maximum absolute atomic E-state index is 5.71. The Hall–Kier alpha value is -1.72. The standard InChI is InChI=1S/C14H16N4S/c1-2-3-10-4-6-11(7-5-10)12-9-19-14-17-16-13(8-15)18(12)14/h4-7,9H,2-3,8,15H2,1H3. The average Bonchev–Trinajstić information content (AvgIpc) is 3.01. The van der Waals surface area contributed by atoms with Crippen molar-refractivity contribution >= 4 is 16.3 Å². The lowest BCUT2D eigenvalue weighted by atomic mass is 10.1. The Morgan fingerprint density at radius 3 is 2.68 bits per heavy atom. The number of aromatic nitrogens is 3. The number of hydrogen-bond acceptors (Lipinski definition) is 4. The molecule has 2 N–H and O–H groups in total. The zero-order chi connectivity index (χ0) is 13.2. The summed E-state index contributed by atoms with van der Waals surface area (Å²) in [4.78, 5) is 0.896. The fraction of sp³-hybridized carbons (Fsp3) is 0.286. The van der Waals surface area contributed by atoms with Crippen LogP contribution in [-0.2, 0) is 13.0 Å². The van der Waals surface area contributed by atoms with Crippen molar-refractivity contribution in [1.82, 2.24) is 14.6 Å². The second-order valence-corrected chi connectivity index (χ2v) is 5.34. The van der Waals surface area contributed by atoms with E-state index in [-0.39, 0.29) is 0 Å². The third-order valence-electron chi connectivity index (χ3n) is 3.19. The molecule has 98 valence electrons. The number of aryl methyl sites for hydroxylation is 1. The van der Waals surface area contributed by atoms with E-state index in [1.165, 1.54) is 17.5 Å². The zero-order valence-corrected chi connectivity index (χ0v) is 11.7. The molecule has 5 heteroatoms. The summed E-state index contributed by atoms with van der Waals surface area (Å²) in [6.07, 6.45) is 2.30. The Morgan fingerprint density at radius 2 is 2.00 bits per heavy atom. The molecular weight excluding hydrogens is 256 g/mol. The molecule has 0 unspecified atom stereocenters. The maximum atomic E-state index is 5.71. The van der Waals surface area contributed by atoms with Crippen molar-refractivity contribution in [2.24, 2.45) is 5.73 Å². The molecule has 4 nitrogen and oxygen atoms in total. The molecule has 0 radical (unpaired) electrons. The SMILES string of the molecule is CCCc1ccc(-c2csc3nnc(CN)n23)cc1. The van der Waals surface area contributed by atoms with Crippen LogP contribution < -0.4 is 5.73 Å². The summed E-state index contributed by atoms with van der Waals surface area (Å²) >= 11 is 1.59. The highest BCUT2D eigenvalue weighted by Gasteiger charge is 2.12. The molecule has 0 saturated heterocycles. The summed E-state index contributed by atoms with van der Waals surface area (Å²) < 4.78 is 2.04. The highest BCUT2D eigenvalue weighted by atomic mass is 32.1. The number of fused-ring (bicyclic) bond motifs is 1. The van der Waals surface area contributed by atoms with E-state index in [1.807, 2.05) is 4.40 Å². The Balaban J connectivity index is 2.05. The predicted molar refractivity (Wildman–Crippen MR) is 78.2 cm³/mol. The molecule has 19 heavy (non-hydrogen) atoms. The Kier molecular flexibility index (Phi) is 3.31. The molecule has 0 aliphatic rings. The van der Waals surface area contributed by atoms with E-state index >= 15 is 0 Å². The van der Waals surface area contributed by atoms with Gasteiger partial charge in [-0.25, -0.2) is 0 Å². The molecule has 0 spiro atoms. The summed E-state index contributed by atoms with van der Waals surface area (Å²) in [7, 11) is 0. The molecule has 3 aromatic rings. The van der Waals surface area contributed by atoms with Crippen LogP contribution >= 0.6 is 11.3 Å². The maximum Gasteiger partial charge on any atom is 0.216 e. The molecule has 0 amide bonds. The number of nitrogens with zero attached hydrogens (tertiary/aromatic N) is 3. The normalized spacial score (nSPS) is 11.3. The molecule has 2 heterocycles. The van der Waals surface area contributed by atoms with Crippen molar-refractivity contribution in [3.8, 4) is 11.3 Å². The third-order valence-corrected chi connectivity index (χ3v) is 4.00. The van der Waals surface area contributed by atoms with Gasteiger partial charge in [-0.2, -0.15) is 0 Å². The molecule has 0 atom stereocenters. The van der Waals surface area contributed by atoms with Crippen LogP contribution in [0, 0.1) is 0 Å². The minimum Gasteiger partial charge on any atom is -0.324 e. The van der Waals surface area contributed by atoms with Crippen LogP contribution in [0.15, 0.2) is 29.6 Å². The summed E-state index contributed by atoms with van der Waals surface area (Å²) in [5.74, 6) is 0.809. The van der Waals surface area contributed by atoms with Crippen LogP contribution in [0.3, 0.4) is 0 Å². The first kappa shape index (κ1) is 12.3. The van der Waals surface area contributed by atoms with Crippen LogP contribution in [0.2, 0.25) is 0 Å². The lowest BCUT2D eigenvalue weighted by Gasteiger charge is -2.04. The molecule has 2 aromatic heterocycles. The van der Waals surface area contributed by atoms with Gasteiger partial charge >= 0.3 is 0 Å². The quantitative estimate of drug-likeness (QED) is 0.794. The summed E-state index contributed by atoms with van der Waals surface area (Å²) in [6.45, 7) is 2.60. The predicted octanol–water partition coefficient (Wildman–Crippen LogP) is 2.87. The lowest BCUT2D eigenvalue weighted by molar-refractivity contribution is 0.887. The number of benzene rings is 1. The van der Waals surface area contributed by atoms with Gasteiger partial charge in [0.05, 0.1) is 12.2 Å². The largest absolute Gasteiger partial charge is 0.324 e. The highest BCUT2D eigenvalue weighted by Crippen LogP contribution is 2.26. The molecule has 0 bridgehead atoms. The summed E-state index contributed by atoms with van der Waals surface area (Å²) in [6, 6.07) is 8.70. The van der Waals surface area contributed by atoms with Crippen LogP contribution in [-0.4, -0.2) is 14.6 Å². The minimum absolute atomic E-state index is 0.402. The van der Waals surface area contributed by atoms with Crippen molar-refractivity contribution in [3.63, 3.8) is 0 Å². The van der Waals surface area contributed by atoms with Crippen molar-refractivity contribution in [1.29, 1.82) is 0 Å². The zero-order valence-electron chi connectivity index (χ0n) is 10.8. The van der Waals surface area contributed by atoms with E-state index in [9.17, 15) is 0 Å². The molecule has 0 fully saturated rings. The van der Waals surface area contributed by atoms with Gasteiger partial charge in [0.25, 0.3) is 0 Å². The monoisotopic (exact) mass is 272 g/mol. The molecule has 0 aliphatic heterocycles. The summed E-state index contributed by atoms with van der Waals surface area (Å²) in [5.41, 5.74) is 9.39. The van der Waals surface area contributed by atoms with Gasteiger partial charge < -0.3 is 5.73 Å². The van der Waals surface area contributed by atoms with Gasteiger partial charge in [-0.3, -0.25) is 4.40 Å². The number of rotatable bonds is 4. The Morgan fingerprint density at radius 1 is 1.21 bits per heavy atom. The highest BCUT2D eigenvalue weighted by molar-refractivity contribution is 7.15. The molecule has 3 rings (SSSR count). The second kappa shape index (κ2) is 5.11. The average molecular weight is 272 g/mol. The fourth-order valence-electron chi connectivity index (χ4n) is 2.24. The fourth-order valence-corrected chi connectivity index (χ4v) is 3.10. The number of hydrogen-bond donors (Lipinski definition) is 1. The van der Waals surface area contributed by atoms with Crippen LogP contribution in [0.5, 0.6) is 0 Å². The van der Waals surface area contributed by atoms with Gasteiger partial charge in [0.1, 0.15) is 0 Å². The smallest absolute Gasteiger partial charge is 0.216 e. The van der Waals surface area contributed by atoms with E-state index in [2.05, 4.69) is 46.8 Å². The molecule has 0 saturated carbocycles. The van der Waals surface area contributed by atoms with Crippen LogP contribution in [0.25, 0.3) is 16.2 Å². The van der Waals surface area contributed by atoms with E-state index in [0.29, 0.717) is 6.54 Å². The first-order valence-electron chi connectivity index (χ1n) is 6.44. The third kappa shape index (κ3) is 2.15. The van der Waals surface area contributed by atoms with E-state index in [1.54, 1.807) is 11.3 Å². The van der Waals surface area contributed by atoms with Crippen molar-refractivity contribution in [2.45, 2.75) is 26.3 Å². The topological polar surface area (TPSA) is 56.2 Å². The second-order valence-electron chi connectivity index (χ2n) is 4.51. The molecule has 0 aliphatic carbocycles. The van der Waals surface area contributed by atoms with Crippen molar-refractivity contribution in [3.05, 3.63) is 41.0 Å². The number of nitrogens with two attached hydrogens (primary N) is 1. The first-order valence-corrected chi connectivity index (χ1v) is 7.32. The lowest BCUT2D eigenvalue weighted by Crippen LogP contribution is -2.03. The van der Waals surface area contributed by atoms with Gasteiger partial charge in [-0.05, 0) is 17.5 Å². The van der Waals surface area contributed by atoms with Gasteiger partial charge in [-0.1, -0.05) is 37.6 Å². The first-order chi connectivity index (χ1) is 9.33. The van der Waals surface area contributed by atoms with E-state index < -0.39 is 0 Å². The van der Waals surface area contributed by atoms with Gasteiger partial charge in [0, 0.05) is 5.38 Å². The van der Waals surface area contributed by atoms with Crippen LogP contribution in [0.1, 0.15) is 24.7 Å². The minimum atomic E-state index is 0.402.